The van der Waals surface area contributed by atoms with Crippen LogP contribution < -0.4 is 5.32 Å². The predicted molar refractivity (Wildman–Crippen MR) is 87.8 cm³/mol. The Kier molecular flexibility index (Phi) is 4.10. The average molecular weight is 308 g/mol. The number of anilines is 2. The van der Waals surface area contributed by atoms with E-state index in [1.165, 1.54) is 0 Å². The van der Waals surface area contributed by atoms with Gasteiger partial charge in [-0.05, 0) is 42.3 Å². The van der Waals surface area contributed by atoms with Crippen molar-refractivity contribution >= 4 is 17.5 Å². The van der Waals surface area contributed by atoms with Gasteiger partial charge in [-0.15, -0.1) is 0 Å². The first-order valence-electron chi connectivity index (χ1n) is 7.26. The number of aliphatic carboxylic acids is 1. The lowest BCUT2D eigenvalue weighted by molar-refractivity contribution is -0.132. The Morgan fingerprint density at radius 2 is 2.00 bits per heavy atom. The second-order valence-electron chi connectivity index (χ2n) is 5.28. The van der Waals surface area contributed by atoms with Crippen molar-refractivity contribution in [3.05, 3.63) is 77.7 Å². The Morgan fingerprint density at radius 3 is 2.74 bits per heavy atom. The molecule has 0 saturated carbocycles. The molecule has 1 unspecified atom stereocenters. The number of carboxylic acid groups (broad SMARTS) is 1. The van der Waals surface area contributed by atoms with E-state index in [1.807, 2.05) is 42.5 Å². The van der Waals surface area contributed by atoms with Gasteiger partial charge in [0.05, 0.1) is 5.57 Å². The molecule has 1 aromatic heterocycles. The quantitative estimate of drug-likeness (QED) is 0.801. The van der Waals surface area contributed by atoms with Crippen LogP contribution in [0.1, 0.15) is 17.9 Å². The van der Waals surface area contributed by atoms with E-state index in [2.05, 4.69) is 10.3 Å². The number of nitrogens with zero attached hydrogens (tertiary/aromatic N) is 1. The fourth-order valence-corrected chi connectivity index (χ4v) is 2.53. The van der Waals surface area contributed by atoms with Crippen molar-refractivity contribution in [1.29, 1.82) is 0 Å². The number of allylic oxidation sites excluding steroid dienone is 2. The zero-order chi connectivity index (χ0) is 16.2. The summed E-state index contributed by atoms with van der Waals surface area (Å²) >= 11 is 0. The summed E-state index contributed by atoms with van der Waals surface area (Å²) in [4.78, 5) is 15.4. The van der Waals surface area contributed by atoms with Crippen LogP contribution >= 0.6 is 0 Å². The molecule has 0 spiro atoms. The van der Waals surface area contributed by atoms with E-state index >= 15 is 0 Å². The number of para-hydroxylation sites is 1. The zero-order valence-electron chi connectivity index (χ0n) is 12.3. The predicted octanol–water partition coefficient (Wildman–Crippen LogP) is 3.77. The van der Waals surface area contributed by atoms with Crippen LogP contribution in [0.15, 0.2) is 72.1 Å². The van der Waals surface area contributed by atoms with E-state index in [0.717, 1.165) is 11.3 Å². The standard InChI is InChI=1S/C18H16N2O3/c21-16-7-6-12(10-15(16)18(22)23)13-8-9-19-17(11-13)20-14-4-2-1-3-5-14/h1-5,7-12,21H,6H2,(H,19,20)(H,22,23). The van der Waals surface area contributed by atoms with E-state index in [1.54, 1.807) is 18.3 Å². The first kappa shape index (κ1) is 14.8. The first-order valence-corrected chi connectivity index (χ1v) is 7.26. The molecule has 0 amide bonds. The summed E-state index contributed by atoms with van der Waals surface area (Å²) in [5, 5.41) is 22.0. The summed E-state index contributed by atoms with van der Waals surface area (Å²) in [7, 11) is 0. The molecular weight excluding hydrogens is 292 g/mol. The highest BCUT2D eigenvalue weighted by Gasteiger charge is 2.21. The van der Waals surface area contributed by atoms with Gasteiger partial charge in [0.1, 0.15) is 11.6 Å². The number of aliphatic hydroxyl groups is 1. The Bertz CT molecular complexity index is 782. The van der Waals surface area contributed by atoms with Gasteiger partial charge in [-0.1, -0.05) is 24.3 Å². The number of hydrogen-bond donors (Lipinski definition) is 3. The molecule has 2 aromatic rings. The third-order valence-electron chi connectivity index (χ3n) is 3.70. The molecule has 1 aliphatic rings. The van der Waals surface area contributed by atoms with Gasteiger partial charge in [0, 0.05) is 17.8 Å². The van der Waals surface area contributed by atoms with Gasteiger partial charge in [0.15, 0.2) is 0 Å². The van der Waals surface area contributed by atoms with Gasteiger partial charge in [-0.25, -0.2) is 9.78 Å². The third kappa shape index (κ3) is 3.40. The minimum absolute atomic E-state index is 0.0596. The Balaban J connectivity index is 1.84. The molecule has 5 heteroatoms. The van der Waals surface area contributed by atoms with Gasteiger partial charge in [-0.3, -0.25) is 0 Å². The van der Waals surface area contributed by atoms with Crippen LogP contribution in [0.2, 0.25) is 0 Å². The van der Waals surface area contributed by atoms with Crippen LogP contribution in [-0.4, -0.2) is 21.2 Å². The summed E-state index contributed by atoms with van der Waals surface area (Å²) in [5.41, 5.74) is 1.82. The number of nitrogens with one attached hydrogen (secondary N) is 1. The second kappa shape index (κ2) is 6.36. The molecule has 23 heavy (non-hydrogen) atoms. The van der Waals surface area contributed by atoms with Crippen LogP contribution in [0.25, 0.3) is 0 Å². The number of carbonyl (C=O) groups is 1. The van der Waals surface area contributed by atoms with Crippen LogP contribution in [0.5, 0.6) is 0 Å². The third-order valence-corrected chi connectivity index (χ3v) is 3.70. The average Bonchev–Trinajstić information content (AvgIpc) is 2.56. The monoisotopic (exact) mass is 308 g/mol. The number of benzene rings is 1. The van der Waals surface area contributed by atoms with Gasteiger partial charge < -0.3 is 15.5 Å². The normalized spacial score (nSPS) is 17.1. The van der Waals surface area contributed by atoms with Crippen LogP contribution in [-0.2, 0) is 4.79 Å². The summed E-state index contributed by atoms with van der Waals surface area (Å²) in [6, 6.07) is 13.4. The van der Waals surface area contributed by atoms with E-state index in [0.29, 0.717) is 12.2 Å². The van der Waals surface area contributed by atoms with E-state index in [9.17, 15) is 9.90 Å². The Morgan fingerprint density at radius 1 is 1.22 bits per heavy atom. The van der Waals surface area contributed by atoms with Crippen LogP contribution in [0, 0.1) is 0 Å². The van der Waals surface area contributed by atoms with Crippen LogP contribution in [0.4, 0.5) is 11.5 Å². The van der Waals surface area contributed by atoms with Gasteiger partial charge in [0.25, 0.3) is 0 Å². The lowest BCUT2D eigenvalue weighted by Crippen LogP contribution is -2.10. The topological polar surface area (TPSA) is 82.5 Å². The molecule has 0 aliphatic heterocycles. The molecule has 0 radical (unpaired) electrons. The molecule has 3 N–H and O–H groups in total. The molecule has 5 nitrogen and oxygen atoms in total. The number of aromatic nitrogens is 1. The highest BCUT2D eigenvalue weighted by Crippen LogP contribution is 2.31. The minimum Gasteiger partial charge on any atom is -0.507 e. The minimum atomic E-state index is -1.12. The maximum absolute atomic E-state index is 11.2. The largest absolute Gasteiger partial charge is 0.507 e. The van der Waals surface area contributed by atoms with Crippen molar-refractivity contribution in [3.63, 3.8) is 0 Å². The molecular formula is C18H16N2O3. The van der Waals surface area contributed by atoms with Crippen molar-refractivity contribution < 1.29 is 15.0 Å². The second-order valence-corrected chi connectivity index (χ2v) is 5.28. The summed E-state index contributed by atoms with van der Waals surface area (Å²) in [6.07, 6.45) is 5.36. The molecule has 1 aromatic carbocycles. The number of hydrogen-bond acceptors (Lipinski definition) is 4. The summed E-state index contributed by atoms with van der Waals surface area (Å²) in [6.45, 7) is 0. The van der Waals surface area contributed by atoms with Gasteiger partial charge >= 0.3 is 5.97 Å². The Hall–Kier alpha value is -3.08. The van der Waals surface area contributed by atoms with E-state index in [-0.39, 0.29) is 17.3 Å². The van der Waals surface area contributed by atoms with Crippen molar-refractivity contribution in [2.45, 2.75) is 12.3 Å². The van der Waals surface area contributed by atoms with Crippen molar-refractivity contribution in [1.82, 2.24) is 4.98 Å². The molecule has 0 fully saturated rings. The highest BCUT2D eigenvalue weighted by atomic mass is 16.4. The Labute approximate surface area is 133 Å². The first-order chi connectivity index (χ1) is 11.1. The number of carboxylic acids is 1. The number of aliphatic hydroxyl groups excluding tert-OH is 1. The van der Waals surface area contributed by atoms with Crippen LogP contribution in [0.3, 0.4) is 0 Å². The van der Waals surface area contributed by atoms with Crippen molar-refractivity contribution in [3.8, 4) is 0 Å². The molecule has 1 atom stereocenters. The lowest BCUT2D eigenvalue weighted by Gasteiger charge is -2.18. The molecule has 1 aliphatic carbocycles. The molecule has 0 saturated heterocycles. The van der Waals surface area contributed by atoms with Gasteiger partial charge in [0.2, 0.25) is 0 Å². The fraction of sp³-hybridized carbons (Fsp3) is 0.111. The van der Waals surface area contributed by atoms with E-state index in [4.69, 9.17) is 5.11 Å². The van der Waals surface area contributed by atoms with Crippen molar-refractivity contribution in [2.75, 3.05) is 5.32 Å². The number of pyridine rings is 1. The smallest absolute Gasteiger partial charge is 0.339 e. The van der Waals surface area contributed by atoms with Crippen molar-refractivity contribution in [2.24, 2.45) is 0 Å². The summed E-state index contributed by atoms with van der Waals surface area (Å²) < 4.78 is 0. The van der Waals surface area contributed by atoms with E-state index < -0.39 is 5.97 Å². The SMILES string of the molecule is O=C(O)C1=CC(c2ccnc(Nc3ccccc3)c2)CC=C1O. The zero-order valence-corrected chi connectivity index (χ0v) is 12.3. The highest BCUT2D eigenvalue weighted by molar-refractivity contribution is 5.91. The molecule has 3 rings (SSSR count). The molecule has 116 valence electrons. The molecule has 1 heterocycles. The number of rotatable bonds is 4. The van der Waals surface area contributed by atoms with Gasteiger partial charge in [-0.2, -0.15) is 0 Å². The fourth-order valence-electron chi connectivity index (χ4n) is 2.53. The molecule has 0 bridgehead atoms. The maximum atomic E-state index is 11.2. The lowest BCUT2D eigenvalue weighted by atomic mass is 9.89. The summed E-state index contributed by atoms with van der Waals surface area (Å²) in [5.74, 6) is -0.709. The maximum Gasteiger partial charge on any atom is 0.339 e.